The fourth-order valence-corrected chi connectivity index (χ4v) is 3.71. The van der Waals surface area contributed by atoms with E-state index in [1.807, 2.05) is 6.20 Å². The zero-order valence-electron chi connectivity index (χ0n) is 15.2. The monoisotopic (exact) mass is 355 g/mol. The minimum atomic E-state index is -0.0812. The molecule has 0 bridgehead atoms. The van der Waals surface area contributed by atoms with E-state index in [1.165, 1.54) is 6.42 Å². The third-order valence-corrected chi connectivity index (χ3v) is 5.18. The molecule has 2 aliphatic rings. The molecule has 1 saturated heterocycles. The summed E-state index contributed by atoms with van der Waals surface area (Å²) in [5, 5.41) is 7.35. The lowest BCUT2D eigenvalue weighted by Gasteiger charge is -2.28. The Kier molecular flexibility index (Phi) is 4.97. The Labute approximate surface area is 153 Å². The van der Waals surface area contributed by atoms with Gasteiger partial charge in [0.2, 0.25) is 0 Å². The van der Waals surface area contributed by atoms with Crippen molar-refractivity contribution in [3.63, 3.8) is 0 Å². The van der Waals surface area contributed by atoms with Crippen LogP contribution in [0.4, 0.5) is 0 Å². The molecule has 0 saturated carbocycles. The second kappa shape index (κ2) is 7.53. The van der Waals surface area contributed by atoms with Gasteiger partial charge in [-0.05, 0) is 25.8 Å². The minimum Gasteiger partial charge on any atom is -0.361 e. The van der Waals surface area contributed by atoms with E-state index in [0.29, 0.717) is 24.7 Å². The van der Waals surface area contributed by atoms with Crippen molar-refractivity contribution in [2.75, 3.05) is 19.6 Å². The van der Waals surface area contributed by atoms with Gasteiger partial charge < -0.3 is 14.7 Å². The molecule has 1 fully saturated rings. The van der Waals surface area contributed by atoms with Crippen molar-refractivity contribution in [3.05, 3.63) is 40.8 Å². The van der Waals surface area contributed by atoms with Gasteiger partial charge in [-0.25, -0.2) is 9.97 Å². The molecule has 1 amide bonds. The number of fused-ring (bicyclic) bond motifs is 1. The number of hydrogen-bond acceptors (Lipinski definition) is 6. The van der Waals surface area contributed by atoms with E-state index in [2.05, 4.69) is 22.4 Å². The van der Waals surface area contributed by atoms with Gasteiger partial charge in [0.15, 0.2) is 5.69 Å². The van der Waals surface area contributed by atoms with E-state index >= 15 is 0 Å². The van der Waals surface area contributed by atoms with Gasteiger partial charge >= 0.3 is 0 Å². The Hall–Kier alpha value is -2.28. The van der Waals surface area contributed by atoms with Crippen molar-refractivity contribution in [1.29, 1.82) is 0 Å². The third-order valence-electron chi connectivity index (χ3n) is 5.18. The third kappa shape index (κ3) is 3.49. The summed E-state index contributed by atoms with van der Waals surface area (Å²) < 4.78 is 5.24. The summed E-state index contributed by atoms with van der Waals surface area (Å²) in [6.07, 6.45) is 6.74. The highest BCUT2D eigenvalue weighted by atomic mass is 16.5. The lowest BCUT2D eigenvalue weighted by molar-refractivity contribution is 0.0722. The molecule has 0 radical (unpaired) electrons. The summed E-state index contributed by atoms with van der Waals surface area (Å²) >= 11 is 0. The number of carbonyl (C=O) groups excluding carboxylic acids is 1. The number of rotatable bonds is 4. The molecule has 2 aromatic rings. The Morgan fingerprint density at radius 3 is 3.19 bits per heavy atom. The van der Waals surface area contributed by atoms with Gasteiger partial charge in [0.25, 0.3) is 5.91 Å². The Balaban J connectivity index is 1.46. The van der Waals surface area contributed by atoms with Crippen LogP contribution in [0.25, 0.3) is 0 Å². The maximum atomic E-state index is 12.7. The van der Waals surface area contributed by atoms with E-state index in [1.54, 1.807) is 11.0 Å². The second-order valence-electron chi connectivity index (χ2n) is 7.15. The molecule has 1 atom stereocenters. The average Bonchev–Trinajstić information content (AvgIpc) is 3.16. The number of aryl methyl sites for hydroxylation is 1. The number of carbonyl (C=O) groups is 1. The van der Waals surface area contributed by atoms with Crippen molar-refractivity contribution >= 4 is 5.91 Å². The van der Waals surface area contributed by atoms with Crippen LogP contribution >= 0.6 is 0 Å². The van der Waals surface area contributed by atoms with Crippen LogP contribution in [0, 0.1) is 0 Å². The topological polar surface area (TPSA) is 84.2 Å². The second-order valence-corrected chi connectivity index (χ2v) is 7.15. The van der Waals surface area contributed by atoms with Gasteiger partial charge in [-0.15, -0.1) is 0 Å². The predicted octanol–water partition coefficient (Wildman–Crippen LogP) is 2.08. The number of hydrogen-bond donors (Lipinski definition) is 1. The molecule has 4 heterocycles. The van der Waals surface area contributed by atoms with Gasteiger partial charge in [0.05, 0.1) is 5.69 Å². The summed E-state index contributed by atoms with van der Waals surface area (Å²) in [4.78, 5) is 23.9. The highest BCUT2D eigenvalue weighted by molar-refractivity contribution is 5.92. The predicted molar refractivity (Wildman–Crippen MR) is 95.8 cm³/mol. The fourth-order valence-electron chi connectivity index (χ4n) is 3.71. The van der Waals surface area contributed by atoms with Crippen LogP contribution < -0.4 is 5.32 Å². The molecule has 4 rings (SSSR count). The molecule has 7 nitrogen and oxygen atoms in total. The number of piperidine rings is 1. The van der Waals surface area contributed by atoms with E-state index < -0.39 is 0 Å². The summed E-state index contributed by atoms with van der Waals surface area (Å²) in [6.45, 7) is 5.30. The van der Waals surface area contributed by atoms with Gasteiger partial charge in [0.1, 0.15) is 11.6 Å². The largest absolute Gasteiger partial charge is 0.361 e. The van der Waals surface area contributed by atoms with E-state index in [-0.39, 0.29) is 5.91 Å². The number of nitrogens with one attached hydrogen (secondary N) is 1. The first-order valence-electron chi connectivity index (χ1n) is 9.55. The van der Waals surface area contributed by atoms with Crippen molar-refractivity contribution in [3.8, 4) is 0 Å². The van der Waals surface area contributed by atoms with Gasteiger partial charge in [-0.1, -0.05) is 12.1 Å². The molecule has 26 heavy (non-hydrogen) atoms. The maximum Gasteiger partial charge on any atom is 0.276 e. The van der Waals surface area contributed by atoms with Crippen LogP contribution in [-0.4, -0.2) is 45.6 Å². The molecule has 7 heteroatoms. The van der Waals surface area contributed by atoms with Crippen molar-refractivity contribution in [1.82, 2.24) is 25.3 Å². The zero-order valence-corrected chi connectivity index (χ0v) is 15.2. The Morgan fingerprint density at radius 1 is 1.46 bits per heavy atom. The first-order chi connectivity index (χ1) is 12.7. The average molecular weight is 355 g/mol. The molecule has 0 aliphatic carbocycles. The zero-order chi connectivity index (χ0) is 17.9. The Bertz CT molecular complexity index is 782. The molecule has 2 aromatic heterocycles. The maximum absolute atomic E-state index is 12.7. The summed E-state index contributed by atoms with van der Waals surface area (Å²) in [5.74, 6) is 2.03. The smallest absolute Gasteiger partial charge is 0.276 e. The molecule has 1 N–H and O–H groups in total. The van der Waals surface area contributed by atoms with Crippen LogP contribution in [0.2, 0.25) is 0 Å². The van der Waals surface area contributed by atoms with E-state index in [4.69, 9.17) is 9.51 Å². The molecule has 1 unspecified atom stereocenters. The molecule has 2 aliphatic heterocycles. The van der Waals surface area contributed by atoms with Crippen LogP contribution in [0.5, 0.6) is 0 Å². The summed E-state index contributed by atoms with van der Waals surface area (Å²) in [7, 11) is 0. The number of aromatic nitrogens is 3. The molecule has 0 aromatic carbocycles. The number of nitrogens with zero attached hydrogens (tertiary/aromatic N) is 4. The van der Waals surface area contributed by atoms with Crippen LogP contribution in [-0.2, 0) is 19.4 Å². The van der Waals surface area contributed by atoms with Crippen molar-refractivity contribution < 1.29 is 9.32 Å². The molecular weight excluding hydrogens is 330 g/mol. The van der Waals surface area contributed by atoms with Crippen LogP contribution in [0.15, 0.2) is 16.8 Å². The first kappa shape index (κ1) is 17.1. The fraction of sp³-hybridized carbons (Fsp3) is 0.579. The molecule has 0 spiro atoms. The lowest BCUT2D eigenvalue weighted by atomic mass is 9.98. The number of amides is 1. The van der Waals surface area contributed by atoms with Gasteiger partial charge in [-0.3, -0.25) is 4.79 Å². The van der Waals surface area contributed by atoms with Crippen LogP contribution in [0.1, 0.15) is 65.4 Å². The highest BCUT2D eigenvalue weighted by Gasteiger charge is 2.26. The standard InChI is InChI=1S/C19H25N5O2/c1-2-4-15-9-17(23-26-15)19(25)24-8-6-16-14(12-24)11-21-18(22-16)13-5-3-7-20-10-13/h9,11,13,20H,2-8,10,12H2,1H3. The normalized spacial score (nSPS) is 20.0. The van der Waals surface area contributed by atoms with Gasteiger partial charge in [0, 0.05) is 56.2 Å². The molecule has 138 valence electrons. The van der Waals surface area contributed by atoms with Crippen molar-refractivity contribution in [2.45, 2.75) is 51.5 Å². The SMILES string of the molecule is CCCc1cc(C(=O)N2CCc3nc(C4CCCNC4)ncc3C2)no1. The lowest BCUT2D eigenvalue weighted by Crippen LogP contribution is -2.37. The minimum absolute atomic E-state index is 0.0812. The first-order valence-corrected chi connectivity index (χ1v) is 9.55. The quantitative estimate of drug-likeness (QED) is 0.904. The molecular formula is C19H25N5O2. The Morgan fingerprint density at radius 2 is 2.38 bits per heavy atom. The summed E-state index contributed by atoms with van der Waals surface area (Å²) in [6, 6.07) is 1.76. The van der Waals surface area contributed by atoms with Gasteiger partial charge in [-0.2, -0.15) is 0 Å². The van der Waals surface area contributed by atoms with Crippen LogP contribution in [0.3, 0.4) is 0 Å². The highest BCUT2D eigenvalue weighted by Crippen LogP contribution is 2.24. The summed E-state index contributed by atoms with van der Waals surface area (Å²) in [5.41, 5.74) is 2.51. The van der Waals surface area contributed by atoms with Crippen molar-refractivity contribution in [2.24, 2.45) is 0 Å². The van der Waals surface area contributed by atoms with E-state index in [9.17, 15) is 4.79 Å². The van der Waals surface area contributed by atoms with E-state index in [0.717, 1.165) is 61.6 Å².